The van der Waals surface area contributed by atoms with Gasteiger partial charge in [-0.25, -0.2) is 0 Å². The second-order valence-electron chi connectivity index (χ2n) is 5.60. The molecule has 2 aromatic rings. The first-order valence-electron chi connectivity index (χ1n) is 7.61. The van der Waals surface area contributed by atoms with Crippen molar-refractivity contribution in [2.75, 3.05) is 0 Å². The Morgan fingerprint density at radius 1 is 1.33 bits per heavy atom. The molecule has 24 heavy (non-hydrogen) atoms. The van der Waals surface area contributed by atoms with Crippen LogP contribution in [0.15, 0.2) is 29.4 Å². The van der Waals surface area contributed by atoms with E-state index >= 15 is 0 Å². The Hall–Kier alpha value is -1.73. The minimum atomic E-state index is -0.257. The van der Waals surface area contributed by atoms with Gasteiger partial charge in [0.15, 0.2) is 11.0 Å². The number of para-hydroxylation sites is 1. The van der Waals surface area contributed by atoms with Crippen LogP contribution < -0.4 is 10.1 Å². The molecule has 0 fully saturated rings. The van der Waals surface area contributed by atoms with Gasteiger partial charge < -0.3 is 14.6 Å². The van der Waals surface area contributed by atoms with Crippen LogP contribution in [0.25, 0.3) is 0 Å². The Balaban J connectivity index is 1.98. The van der Waals surface area contributed by atoms with Crippen LogP contribution in [0.4, 0.5) is 0 Å². The maximum atomic E-state index is 12.0. The van der Waals surface area contributed by atoms with Crippen LogP contribution in [0.3, 0.4) is 0 Å². The number of hydrogen-bond donors (Lipinski definition) is 1. The molecule has 2 rings (SSSR count). The van der Waals surface area contributed by atoms with Crippen LogP contribution in [0.5, 0.6) is 5.75 Å². The Morgan fingerprint density at radius 3 is 2.71 bits per heavy atom. The minimum Gasteiger partial charge on any atom is -0.484 e. The van der Waals surface area contributed by atoms with Crippen LogP contribution in [0.2, 0.25) is 5.02 Å². The lowest BCUT2D eigenvalue weighted by atomic mass is 10.3. The Morgan fingerprint density at radius 2 is 2.04 bits per heavy atom. The third-order valence-electron chi connectivity index (χ3n) is 3.20. The zero-order chi connectivity index (χ0) is 17.7. The molecule has 1 aromatic carbocycles. The number of amides is 1. The number of hydrogen-bond acceptors (Lipinski definition) is 5. The molecule has 0 aliphatic rings. The summed E-state index contributed by atoms with van der Waals surface area (Å²) in [5.74, 6) is 1.24. The second-order valence-corrected chi connectivity index (χ2v) is 7.32. The van der Waals surface area contributed by atoms with Crippen LogP contribution >= 0.6 is 23.4 Å². The van der Waals surface area contributed by atoms with Gasteiger partial charge in [0.25, 0.3) is 0 Å². The fraction of sp³-hybridized carbons (Fsp3) is 0.438. The fourth-order valence-corrected chi connectivity index (χ4v) is 2.92. The highest BCUT2D eigenvalue weighted by molar-refractivity contribution is 8.00. The van der Waals surface area contributed by atoms with E-state index in [1.807, 2.05) is 44.5 Å². The number of carbonyl (C=O) groups is 1. The maximum absolute atomic E-state index is 12.0. The van der Waals surface area contributed by atoms with E-state index in [0.717, 1.165) is 0 Å². The molecular weight excluding hydrogens is 348 g/mol. The van der Waals surface area contributed by atoms with Crippen molar-refractivity contribution in [1.29, 1.82) is 0 Å². The molecule has 0 bridgehead atoms. The largest absolute Gasteiger partial charge is 0.484 e. The van der Waals surface area contributed by atoms with Crippen LogP contribution in [0, 0.1) is 0 Å². The van der Waals surface area contributed by atoms with Gasteiger partial charge in [-0.05, 0) is 32.9 Å². The first-order chi connectivity index (χ1) is 11.4. The van der Waals surface area contributed by atoms with Crippen molar-refractivity contribution in [3.8, 4) is 5.75 Å². The van der Waals surface area contributed by atoms with Crippen molar-refractivity contribution in [2.24, 2.45) is 7.05 Å². The van der Waals surface area contributed by atoms with E-state index in [9.17, 15) is 4.79 Å². The molecule has 6 nitrogen and oxygen atoms in total. The molecule has 0 saturated carbocycles. The number of benzene rings is 1. The Labute approximate surface area is 150 Å². The van der Waals surface area contributed by atoms with Crippen LogP contribution in [-0.2, 0) is 18.4 Å². The molecule has 1 unspecified atom stereocenters. The number of nitrogens with zero attached hydrogens (tertiary/aromatic N) is 3. The molecule has 1 heterocycles. The number of halogens is 1. The molecule has 1 aromatic heterocycles. The lowest BCUT2D eigenvalue weighted by molar-refractivity contribution is -0.120. The van der Waals surface area contributed by atoms with Crippen molar-refractivity contribution in [3.05, 3.63) is 35.1 Å². The summed E-state index contributed by atoms with van der Waals surface area (Å²) in [5, 5.41) is 12.1. The smallest absolute Gasteiger partial charge is 0.233 e. The number of carbonyl (C=O) groups excluding carboxylic acids is 1. The Bertz CT molecular complexity index is 705. The molecule has 1 atom stereocenters. The van der Waals surface area contributed by atoms with Crippen molar-refractivity contribution in [3.63, 3.8) is 0 Å². The number of nitrogens with one attached hydrogen (secondary N) is 1. The van der Waals surface area contributed by atoms with Gasteiger partial charge in [-0.1, -0.05) is 35.5 Å². The zero-order valence-electron chi connectivity index (χ0n) is 14.1. The average Bonchev–Trinajstić information content (AvgIpc) is 2.86. The van der Waals surface area contributed by atoms with Gasteiger partial charge in [0.05, 0.1) is 10.3 Å². The van der Waals surface area contributed by atoms with E-state index in [1.54, 1.807) is 12.1 Å². The van der Waals surface area contributed by atoms with Gasteiger partial charge in [-0.3, -0.25) is 4.79 Å². The number of aromatic nitrogens is 3. The summed E-state index contributed by atoms with van der Waals surface area (Å²) in [6, 6.07) is 7.38. The number of thioether (sulfide) groups is 1. The highest BCUT2D eigenvalue weighted by atomic mass is 35.5. The van der Waals surface area contributed by atoms with Crippen LogP contribution in [-0.4, -0.2) is 32.0 Å². The molecule has 0 aliphatic heterocycles. The van der Waals surface area contributed by atoms with Gasteiger partial charge in [0.1, 0.15) is 12.4 Å². The first-order valence-corrected chi connectivity index (χ1v) is 8.87. The third kappa shape index (κ3) is 4.88. The predicted octanol–water partition coefficient (Wildman–Crippen LogP) is 3.05. The standard InChI is InChI=1S/C16H21ClN4O2S/c1-10(2)18-15(22)11(3)24-16-20-19-14(21(16)4)9-23-13-8-6-5-7-12(13)17/h5-8,10-11H,9H2,1-4H3,(H,18,22). The highest BCUT2D eigenvalue weighted by Crippen LogP contribution is 2.25. The van der Waals surface area contributed by atoms with Crippen molar-refractivity contribution in [2.45, 2.75) is 43.8 Å². The monoisotopic (exact) mass is 368 g/mol. The zero-order valence-corrected chi connectivity index (χ0v) is 15.7. The predicted molar refractivity (Wildman–Crippen MR) is 95.4 cm³/mol. The molecule has 8 heteroatoms. The fourth-order valence-electron chi connectivity index (χ4n) is 1.89. The van der Waals surface area contributed by atoms with E-state index in [4.69, 9.17) is 16.3 Å². The van der Waals surface area contributed by atoms with E-state index in [0.29, 0.717) is 21.8 Å². The lowest BCUT2D eigenvalue weighted by Gasteiger charge is -2.13. The summed E-state index contributed by atoms with van der Waals surface area (Å²) < 4.78 is 7.50. The topological polar surface area (TPSA) is 69.0 Å². The average molecular weight is 369 g/mol. The lowest BCUT2D eigenvalue weighted by Crippen LogP contribution is -2.36. The third-order valence-corrected chi connectivity index (χ3v) is 4.65. The summed E-state index contributed by atoms with van der Waals surface area (Å²) in [4.78, 5) is 12.0. The minimum absolute atomic E-state index is 0.0214. The molecule has 1 amide bonds. The first kappa shape index (κ1) is 18.6. The Kier molecular flexibility index (Phi) is 6.51. The van der Waals surface area contributed by atoms with E-state index in [2.05, 4.69) is 15.5 Å². The van der Waals surface area contributed by atoms with E-state index in [1.165, 1.54) is 11.8 Å². The molecule has 130 valence electrons. The van der Waals surface area contributed by atoms with E-state index in [-0.39, 0.29) is 23.8 Å². The number of ether oxygens (including phenoxy) is 1. The second kappa shape index (κ2) is 8.39. The molecule has 0 saturated heterocycles. The van der Waals surface area contributed by atoms with Gasteiger partial charge in [-0.15, -0.1) is 10.2 Å². The quantitative estimate of drug-likeness (QED) is 0.760. The van der Waals surface area contributed by atoms with Gasteiger partial charge in [0, 0.05) is 13.1 Å². The number of rotatable bonds is 7. The molecule has 1 N–H and O–H groups in total. The summed E-state index contributed by atoms with van der Waals surface area (Å²) >= 11 is 7.43. The SMILES string of the molecule is CC(C)NC(=O)C(C)Sc1nnc(COc2ccccc2Cl)n1C. The normalized spacial score (nSPS) is 12.2. The molecule has 0 spiro atoms. The summed E-state index contributed by atoms with van der Waals surface area (Å²) in [7, 11) is 1.85. The highest BCUT2D eigenvalue weighted by Gasteiger charge is 2.19. The van der Waals surface area contributed by atoms with Crippen LogP contribution in [0.1, 0.15) is 26.6 Å². The van der Waals surface area contributed by atoms with E-state index < -0.39 is 0 Å². The summed E-state index contributed by atoms with van der Waals surface area (Å²) in [6.45, 7) is 5.96. The molecule has 0 aliphatic carbocycles. The van der Waals surface area contributed by atoms with Crippen molar-refractivity contribution in [1.82, 2.24) is 20.1 Å². The van der Waals surface area contributed by atoms with Gasteiger partial charge in [-0.2, -0.15) is 0 Å². The van der Waals surface area contributed by atoms with Crippen molar-refractivity contribution < 1.29 is 9.53 Å². The molecular formula is C16H21ClN4O2S. The molecule has 0 radical (unpaired) electrons. The summed E-state index contributed by atoms with van der Waals surface area (Å²) in [5.41, 5.74) is 0. The maximum Gasteiger partial charge on any atom is 0.233 e. The van der Waals surface area contributed by atoms with Crippen molar-refractivity contribution >= 4 is 29.3 Å². The summed E-state index contributed by atoms with van der Waals surface area (Å²) in [6.07, 6.45) is 0. The van der Waals surface area contributed by atoms with Gasteiger partial charge in [0.2, 0.25) is 5.91 Å². The van der Waals surface area contributed by atoms with Gasteiger partial charge >= 0.3 is 0 Å².